The smallest absolute Gasteiger partial charge is 0.321 e. The van der Waals surface area contributed by atoms with Crippen LogP contribution in [0, 0.1) is 5.92 Å². The van der Waals surface area contributed by atoms with E-state index in [1.165, 1.54) is 0 Å². The summed E-state index contributed by atoms with van der Waals surface area (Å²) in [5.41, 5.74) is 1.48. The quantitative estimate of drug-likeness (QED) is 0.883. The highest BCUT2D eigenvalue weighted by atomic mass is 16.5. The molecule has 136 valence electrons. The Balaban J connectivity index is 1.56. The predicted molar refractivity (Wildman–Crippen MR) is 101 cm³/mol. The number of piperidine rings is 1. The zero-order chi connectivity index (χ0) is 18.4. The number of hydrogen-bond acceptors (Lipinski definition) is 3. The van der Waals surface area contributed by atoms with E-state index in [-0.39, 0.29) is 17.9 Å². The first-order valence-corrected chi connectivity index (χ1v) is 8.71. The minimum absolute atomic E-state index is 0.0434. The van der Waals surface area contributed by atoms with Crippen molar-refractivity contribution in [1.82, 2.24) is 4.90 Å². The maximum absolute atomic E-state index is 12.5. The van der Waals surface area contributed by atoms with Crippen molar-refractivity contribution in [3.05, 3.63) is 54.6 Å². The summed E-state index contributed by atoms with van der Waals surface area (Å²) in [6, 6.07) is 16.4. The Bertz CT molecular complexity index is 747. The molecule has 1 atom stereocenters. The van der Waals surface area contributed by atoms with Gasteiger partial charge in [0.15, 0.2) is 0 Å². The van der Waals surface area contributed by atoms with E-state index in [2.05, 4.69) is 10.6 Å². The van der Waals surface area contributed by atoms with Gasteiger partial charge in [-0.2, -0.15) is 0 Å². The Hall–Kier alpha value is -3.02. The molecule has 1 aliphatic rings. The molecule has 26 heavy (non-hydrogen) atoms. The van der Waals surface area contributed by atoms with Crippen LogP contribution in [0.4, 0.5) is 16.2 Å². The Morgan fingerprint density at radius 1 is 1.00 bits per heavy atom. The van der Waals surface area contributed by atoms with E-state index in [1.54, 1.807) is 36.3 Å². The molecule has 2 aromatic rings. The summed E-state index contributed by atoms with van der Waals surface area (Å²) < 4.78 is 5.11. The van der Waals surface area contributed by atoms with E-state index in [0.717, 1.165) is 24.3 Å². The standard InChI is InChI=1S/C20H23N3O3/c1-26-18-11-9-17(10-12-18)22-20(25)23-13-5-6-15(14-23)19(24)21-16-7-3-2-4-8-16/h2-4,7-12,15H,5-6,13-14H2,1H3,(H,21,24)(H,22,25). The highest BCUT2D eigenvalue weighted by Crippen LogP contribution is 2.21. The number of nitrogens with one attached hydrogen (secondary N) is 2. The molecule has 0 bridgehead atoms. The maximum atomic E-state index is 12.5. The van der Waals surface area contributed by atoms with Crippen LogP contribution in [0.15, 0.2) is 54.6 Å². The van der Waals surface area contributed by atoms with Crippen molar-refractivity contribution in [3.63, 3.8) is 0 Å². The van der Waals surface area contributed by atoms with Crippen molar-refractivity contribution in [2.45, 2.75) is 12.8 Å². The molecular formula is C20H23N3O3. The van der Waals surface area contributed by atoms with Crippen LogP contribution in [-0.4, -0.2) is 37.0 Å². The van der Waals surface area contributed by atoms with Gasteiger partial charge in [-0.15, -0.1) is 0 Å². The van der Waals surface area contributed by atoms with Crippen LogP contribution >= 0.6 is 0 Å². The summed E-state index contributed by atoms with van der Waals surface area (Å²) in [4.78, 5) is 26.7. The van der Waals surface area contributed by atoms with Gasteiger partial charge in [0, 0.05) is 24.5 Å². The molecule has 2 N–H and O–H groups in total. The third kappa shape index (κ3) is 4.53. The summed E-state index contributed by atoms with van der Waals surface area (Å²) in [5, 5.41) is 5.79. The number of hydrogen-bond donors (Lipinski definition) is 2. The fourth-order valence-electron chi connectivity index (χ4n) is 3.02. The molecule has 2 aromatic carbocycles. The van der Waals surface area contributed by atoms with E-state index in [1.807, 2.05) is 30.3 Å². The Morgan fingerprint density at radius 3 is 2.38 bits per heavy atom. The summed E-state index contributed by atoms with van der Waals surface area (Å²) in [6.45, 7) is 1.07. The van der Waals surface area contributed by atoms with Crippen molar-refractivity contribution in [2.75, 3.05) is 30.8 Å². The number of likely N-dealkylation sites (tertiary alicyclic amines) is 1. The third-order valence-corrected chi connectivity index (χ3v) is 4.46. The Labute approximate surface area is 153 Å². The van der Waals surface area contributed by atoms with Crippen molar-refractivity contribution in [2.24, 2.45) is 5.92 Å². The van der Waals surface area contributed by atoms with Gasteiger partial charge in [0.2, 0.25) is 5.91 Å². The third-order valence-electron chi connectivity index (χ3n) is 4.46. The largest absolute Gasteiger partial charge is 0.497 e. The molecule has 1 heterocycles. The summed E-state index contributed by atoms with van der Waals surface area (Å²) in [7, 11) is 1.60. The first-order chi connectivity index (χ1) is 12.7. The summed E-state index contributed by atoms with van der Waals surface area (Å²) >= 11 is 0. The number of methoxy groups -OCH3 is 1. The number of nitrogens with zero attached hydrogens (tertiary/aromatic N) is 1. The van der Waals surface area contributed by atoms with Gasteiger partial charge < -0.3 is 20.3 Å². The second-order valence-corrected chi connectivity index (χ2v) is 6.30. The molecule has 1 saturated heterocycles. The minimum atomic E-state index is -0.203. The lowest BCUT2D eigenvalue weighted by molar-refractivity contribution is -0.121. The molecule has 1 fully saturated rings. The first-order valence-electron chi connectivity index (χ1n) is 8.71. The highest BCUT2D eigenvalue weighted by molar-refractivity contribution is 5.94. The van der Waals surface area contributed by atoms with Crippen LogP contribution in [0.5, 0.6) is 5.75 Å². The molecule has 1 aliphatic heterocycles. The van der Waals surface area contributed by atoms with Gasteiger partial charge in [0.25, 0.3) is 0 Å². The van der Waals surface area contributed by atoms with Gasteiger partial charge in [0.05, 0.1) is 13.0 Å². The molecule has 0 saturated carbocycles. The second-order valence-electron chi connectivity index (χ2n) is 6.30. The van der Waals surface area contributed by atoms with Crippen LogP contribution in [0.1, 0.15) is 12.8 Å². The molecule has 0 spiro atoms. The van der Waals surface area contributed by atoms with Crippen LogP contribution < -0.4 is 15.4 Å². The number of para-hydroxylation sites is 1. The predicted octanol–water partition coefficient (Wildman–Crippen LogP) is 3.58. The zero-order valence-corrected chi connectivity index (χ0v) is 14.8. The summed E-state index contributed by atoms with van der Waals surface area (Å²) in [6.07, 6.45) is 1.59. The summed E-state index contributed by atoms with van der Waals surface area (Å²) in [5.74, 6) is 0.488. The van der Waals surface area contributed by atoms with Crippen LogP contribution in [0.2, 0.25) is 0 Å². The van der Waals surface area contributed by atoms with E-state index >= 15 is 0 Å². The lowest BCUT2D eigenvalue weighted by Crippen LogP contribution is -2.45. The van der Waals surface area contributed by atoms with Crippen molar-refractivity contribution in [3.8, 4) is 5.75 Å². The monoisotopic (exact) mass is 353 g/mol. The van der Waals surface area contributed by atoms with Gasteiger partial charge in [-0.25, -0.2) is 4.79 Å². The Morgan fingerprint density at radius 2 is 1.69 bits per heavy atom. The lowest BCUT2D eigenvalue weighted by Gasteiger charge is -2.32. The van der Waals surface area contributed by atoms with E-state index < -0.39 is 0 Å². The fourth-order valence-corrected chi connectivity index (χ4v) is 3.02. The van der Waals surface area contributed by atoms with Crippen LogP contribution in [0.25, 0.3) is 0 Å². The highest BCUT2D eigenvalue weighted by Gasteiger charge is 2.28. The number of ether oxygens (including phenoxy) is 1. The molecule has 0 radical (unpaired) electrons. The molecule has 3 amide bonds. The van der Waals surface area contributed by atoms with Gasteiger partial charge in [-0.1, -0.05) is 18.2 Å². The number of anilines is 2. The van der Waals surface area contributed by atoms with Crippen molar-refractivity contribution >= 4 is 23.3 Å². The molecule has 6 heteroatoms. The van der Waals surface area contributed by atoms with Crippen LogP contribution in [0.3, 0.4) is 0 Å². The number of amides is 3. The number of carbonyl (C=O) groups excluding carboxylic acids is 2. The average Bonchev–Trinajstić information content (AvgIpc) is 2.69. The molecule has 1 unspecified atom stereocenters. The normalized spacial score (nSPS) is 16.7. The van der Waals surface area contributed by atoms with Crippen LogP contribution in [-0.2, 0) is 4.79 Å². The number of carbonyl (C=O) groups is 2. The molecule has 0 aliphatic carbocycles. The number of urea groups is 1. The second kappa shape index (κ2) is 8.38. The first kappa shape index (κ1) is 17.8. The number of benzene rings is 2. The van der Waals surface area contributed by atoms with Gasteiger partial charge >= 0.3 is 6.03 Å². The minimum Gasteiger partial charge on any atom is -0.497 e. The van der Waals surface area contributed by atoms with Gasteiger partial charge in [-0.05, 0) is 49.2 Å². The molecule has 3 rings (SSSR count). The fraction of sp³-hybridized carbons (Fsp3) is 0.300. The Kier molecular flexibility index (Phi) is 5.73. The maximum Gasteiger partial charge on any atom is 0.321 e. The lowest BCUT2D eigenvalue weighted by atomic mass is 9.97. The zero-order valence-electron chi connectivity index (χ0n) is 14.8. The van der Waals surface area contributed by atoms with E-state index in [0.29, 0.717) is 18.8 Å². The van der Waals surface area contributed by atoms with E-state index in [9.17, 15) is 9.59 Å². The molecule has 6 nitrogen and oxygen atoms in total. The van der Waals surface area contributed by atoms with Crippen molar-refractivity contribution in [1.29, 1.82) is 0 Å². The van der Waals surface area contributed by atoms with Crippen molar-refractivity contribution < 1.29 is 14.3 Å². The SMILES string of the molecule is COc1ccc(NC(=O)N2CCCC(C(=O)Nc3ccccc3)C2)cc1. The van der Waals surface area contributed by atoms with E-state index in [4.69, 9.17) is 4.74 Å². The molecule has 0 aromatic heterocycles. The number of rotatable bonds is 4. The van der Waals surface area contributed by atoms with Gasteiger partial charge in [0.1, 0.15) is 5.75 Å². The van der Waals surface area contributed by atoms with Gasteiger partial charge in [-0.3, -0.25) is 4.79 Å². The molecular weight excluding hydrogens is 330 g/mol. The topological polar surface area (TPSA) is 70.7 Å². The average molecular weight is 353 g/mol.